The Balaban J connectivity index is 2.48. The fourth-order valence-electron chi connectivity index (χ4n) is 2.00. The fourth-order valence-corrected chi connectivity index (χ4v) is 2.76. The van der Waals surface area contributed by atoms with E-state index in [1.807, 2.05) is 20.8 Å². The first-order valence-corrected chi connectivity index (χ1v) is 8.65. The summed E-state index contributed by atoms with van der Waals surface area (Å²) in [7, 11) is 0. The third-order valence-electron chi connectivity index (χ3n) is 3.32. The first-order valence-electron chi connectivity index (χ1n) is 7.83. The number of hydrogen-bond donors (Lipinski definition) is 0. The summed E-state index contributed by atoms with van der Waals surface area (Å²) >= 11 is 0.690. The van der Waals surface area contributed by atoms with Crippen LogP contribution in [0.5, 0.6) is 0 Å². The Morgan fingerprint density at radius 3 is 2.52 bits per heavy atom. The van der Waals surface area contributed by atoms with E-state index in [9.17, 15) is 23.2 Å². The van der Waals surface area contributed by atoms with E-state index in [1.54, 1.807) is 6.07 Å². The van der Waals surface area contributed by atoms with Crippen molar-refractivity contribution in [3.05, 3.63) is 22.9 Å². The molecule has 1 aliphatic heterocycles. The van der Waals surface area contributed by atoms with Crippen molar-refractivity contribution in [1.82, 2.24) is 4.98 Å². The van der Waals surface area contributed by atoms with Gasteiger partial charge >= 0.3 is 12.1 Å². The minimum Gasteiger partial charge on any atom is -0.462 e. The lowest BCUT2D eigenvalue weighted by atomic mass is 9.93. The third kappa shape index (κ3) is 4.82. The van der Waals surface area contributed by atoms with Gasteiger partial charge in [0.1, 0.15) is 11.1 Å². The summed E-state index contributed by atoms with van der Waals surface area (Å²) in [6, 6.07) is 2.56. The second kappa shape index (κ2) is 7.64. The molecule has 27 heavy (non-hydrogen) atoms. The number of azo groups is 1. The molecule has 1 unspecified atom stereocenters. The number of carbonyl (C=O) groups is 1. The lowest BCUT2D eigenvalue weighted by Crippen LogP contribution is -2.20. The molecule has 0 bridgehead atoms. The molecule has 7 nitrogen and oxygen atoms in total. The number of thioether (sulfide) groups is 1. The Hall–Kier alpha value is -2.48. The van der Waals surface area contributed by atoms with Gasteiger partial charge in [0.25, 0.3) is 0 Å². The van der Waals surface area contributed by atoms with Crippen LogP contribution >= 0.6 is 11.8 Å². The molecule has 11 heteroatoms. The number of esters is 1. The summed E-state index contributed by atoms with van der Waals surface area (Å²) < 4.78 is 44.7. The van der Waals surface area contributed by atoms with Crippen molar-refractivity contribution in [3.8, 4) is 6.07 Å². The lowest BCUT2D eigenvalue weighted by molar-refractivity contribution is -0.142. The van der Waals surface area contributed by atoms with E-state index < -0.39 is 29.6 Å². The normalized spacial score (nSPS) is 16.8. The summed E-state index contributed by atoms with van der Waals surface area (Å²) in [5, 5.41) is 16.9. The van der Waals surface area contributed by atoms with E-state index in [0.29, 0.717) is 11.8 Å². The maximum atomic E-state index is 13.4. The Bertz CT molecular complexity index is 853. The Morgan fingerprint density at radius 1 is 1.37 bits per heavy atom. The van der Waals surface area contributed by atoms with Crippen LogP contribution in [0.1, 0.15) is 49.3 Å². The number of amidine groups is 1. The molecule has 0 fully saturated rings. The van der Waals surface area contributed by atoms with Crippen LogP contribution in [-0.4, -0.2) is 28.9 Å². The second-order valence-electron chi connectivity index (χ2n) is 6.54. The molecule has 0 aliphatic carbocycles. The van der Waals surface area contributed by atoms with Crippen LogP contribution in [0.15, 0.2) is 26.3 Å². The topological polar surface area (TPSA) is 100 Å². The lowest BCUT2D eigenvalue weighted by Gasteiger charge is -2.19. The molecule has 1 atom stereocenters. The van der Waals surface area contributed by atoms with Crippen LogP contribution in [-0.2, 0) is 10.9 Å². The standard InChI is InChI=1S/C16H16F3N5O2S/c1-5-26-12(25)9-6-8(7-20)11(21-10(9)16(17,18)19)27-14-22-13(23-24-14)15(2,3)4/h6,13H,5H2,1-4H3. The summed E-state index contributed by atoms with van der Waals surface area (Å²) in [6.07, 6.45) is -5.38. The quantitative estimate of drug-likeness (QED) is 0.700. The van der Waals surface area contributed by atoms with Crippen molar-refractivity contribution in [2.45, 2.75) is 45.1 Å². The van der Waals surface area contributed by atoms with Crippen molar-refractivity contribution in [2.75, 3.05) is 6.61 Å². The van der Waals surface area contributed by atoms with Gasteiger partial charge in [0.15, 0.2) is 11.9 Å². The number of ether oxygens (including phenoxy) is 1. The number of carbonyl (C=O) groups excluding carboxylic acids is 1. The number of aliphatic imine (C=N–C) groups is 1. The molecule has 1 aromatic rings. The molecular weight excluding hydrogens is 383 g/mol. The molecule has 144 valence electrons. The van der Waals surface area contributed by atoms with Gasteiger partial charge in [0.2, 0.25) is 5.17 Å². The number of hydrogen-bond acceptors (Lipinski definition) is 8. The highest BCUT2D eigenvalue weighted by atomic mass is 32.2. The summed E-state index contributed by atoms with van der Waals surface area (Å²) in [5.41, 5.74) is -2.77. The van der Waals surface area contributed by atoms with Crippen LogP contribution in [0.3, 0.4) is 0 Å². The zero-order valence-corrected chi connectivity index (χ0v) is 15.8. The SMILES string of the molecule is CCOC(=O)c1cc(C#N)c(SC2=NC(C(C)(C)C)N=N2)nc1C(F)(F)F. The van der Waals surface area contributed by atoms with Gasteiger partial charge in [-0.1, -0.05) is 20.8 Å². The van der Waals surface area contributed by atoms with E-state index in [2.05, 4.69) is 24.9 Å². The zero-order chi connectivity index (χ0) is 20.4. The number of nitriles is 1. The molecular formula is C16H16F3N5O2S. The van der Waals surface area contributed by atoms with Gasteiger partial charge in [0, 0.05) is 5.41 Å². The number of alkyl halides is 3. The maximum Gasteiger partial charge on any atom is 0.434 e. The van der Waals surface area contributed by atoms with Crippen LogP contribution in [0.25, 0.3) is 0 Å². The predicted molar refractivity (Wildman–Crippen MR) is 91.3 cm³/mol. The largest absolute Gasteiger partial charge is 0.462 e. The van der Waals surface area contributed by atoms with E-state index in [-0.39, 0.29) is 27.8 Å². The summed E-state index contributed by atoms with van der Waals surface area (Å²) in [6.45, 7) is 7.02. The summed E-state index contributed by atoms with van der Waals surface area (Å²) in [4.78, 5) is 19.6. The Kier molecular flexibility index (Phi) is 5.89. The number of aromatic nitrogens is 1. The molecule has 0 spiro atoms. The van der Waals surface area contributed by atoms with E-state index >= 15 is 0 Å². The van der Waals surface area contributed by atoms with E-state index in [0.717, 1.165) is 6.07 Å². The smallest absolute Gasteiger partial charge is 0.434 e. The number of rotatable bonds is 3. The van der Waals surface area contributed by atoms with Crippen LogP contribution in [0.4, 0.5) is 13.2 Å². The first-order chi connectivity index (χ1) is 12.5. The molecule has 1 aliphatic rings. The number of nitrogens with zero attached hydrogens (tertiary/aromatic N) is 5. The van der Waals surface area contributed by atoms with Crippen LogP contribution < -0.4 is 0 Å². The fraction of sp³-hybridized carbons (Fsp3) is 0.500. The molecule has 2 heterocycles. The van der Waals surface area contributed by atoms with E-state index in [4.69, 9.17) is 0 Å². The van der Waals surface area contributed by atoms with Crippen LogP contribution in [0.2, 0.25) is 0 Å². The first kappa shape index (κ1) is 20.8. The minimum absolute atomic E-state index is 0.0935. The van der Waals surface area contributed by atoms with Gasteiger partial charge in [-0.05, 0) is 24.8 Å². The monoisotopic (exact) mass is 399 g/mol. The average molecular weight is 399 g/mol. The molecule has 0 aromatic carbocycles. The zero-order valence-electron chi connectivity index (χ0n) is 15.0. The molecule has 0 saturated carbocycles. The van der Waals surface area contributed by atoms with Gasteiger partial charge in [-0.25, -0.2) is 14.8 Å². The average Bonchev–Trinajstić information content (AvgIpc) is 3.02. The second-order valence-corrected chi connectivity index (χ2v) is 7.49. The van der Waals surface area contributed by atoms with Gasteiger partial charge in [-0.2, -0.15) is 23.5 Å². The van der Waals surface area contributed by atoms with Crippen molar-refractivity contribution >= 4 is 22.9 Å². The van der Waals surface area contributed by atoms with Gasteiger partial charge < -0.3 is 4.74 Å². The number of halogens is 3. The van der Waals surface area contributed by atoms with Gasteiger partial charge in [-0.3, -0.25) is 0 Å². The van der Waals surface area contributed by atoms with Gasteiger partial charge in [0.05, 0.1) is 17.7 Å². The summed E-state index contributed by atoms with van der Waals surface area (Å²) in [5.74, 6) is -1.20. The minimum atomic E-state index is -4.90. The number of pyridine rings is 1. The molecule has 0 saturated heterocycles. The highest BCUT2D eigenvalue weighted by Gasteiger charge is 2.39. The highest BCUT2D eigenvalue weighted by Crippen LogP contribution is 2.36. The van der Waals surface area contributed by atoms with Crippen molar-refractivity contribution in [1.29, 1.82) is 5.26 Å². The van der Waals surface area contributed by atoms with Crippen molar-refractivity contribution < 1.29 is 22.7 Å². The molecule has 0 radical (unpaired) electrons. The van der Waals surface area contributed by atoms with E-state index in [1.165, 1.54) is 6.92 Å². The van der Waals surface area contributed by atoms with Gasteiger partial charge in [-0.15, -0.1) is 5.11 Å². The molecule has 0 N–H and O–H groups in total. The highest BCUT2D eigenvalue weighted by molar-refractivity contribution is 8.13. The Morgan fingerprint density at radius 2 is 2.04 bits per heavy atom. The predicted octanol–water partition coefficient (Wildman–Crippen LogP) is 4.43. The van der Waals surface area contributed by atoms with Crippen molar-refractivity contribution in [3.63, 3.8) is 0 Å². The maximum absolute atomic E-state index is 13.4. The van der Waals surface area contributed by atoms with Crippen LogP contribution in [0, 0.1) is 16.7 Å². The molecule has 1 aromatic heterocycles. The molecule has 0 amide bonds. The Labute approximate surface area is 157 Å². The van der Waals surface area contributed by atoms with Crippen molar-refractivity contribution in [2.24, 2.45) is 20.6 Å². The molecule has 2 rings (SSSR count). The third-order valence-corrected chi connectivity index (χ3v) is 4.19.